The Bertz CT molecular complexity index is 425. The van der Waals surface area contributed by atoms with Crippen LogP contribution < -0.4 is 5.09 Å². The molecule has 1 heterocycles. The molecule has 4 nitrogen and oxygen atoms in total. The Morgan fingerprint density at radius 1 is 1.17 bits per heavy atom. The third-order valence-corrected chi connectivity index (χ3v) is 6.54. The Morgan fingerprint density at radius 2 is 1.72 bits per heavy atom. The molecule has 100 valence electrons. The van der Waals surface area contributed by atoms with Gasteiger partial charge >= 0.3 is 7.75 Å². The van der Waals surface area contributed by atoms with Gasteiger partial charge in [-0.25, -0.2) is 4.57 Å². The van der Waals surface area contributed by atoms with Crippen LogP contribution in [0, 0.1) is 5.41 Å². The van der Waals surface area contributed by atoms with Crippen molar-refractivity contribution in [3.8, 4) is 0 Å². The summed E-state index contributed by atoms with van der Waals surface area (Å²) in [6.07, 6.45) is 0. The van der Waals surface area contributed by atoms with Gasteiger partial charge in [0, 0.05) is 21.8 Å². The van der Waals surface area contributed by atoms with Crippen molar-refractivity contribution in [2.75, 3.05) is 29.0 Å². The van der Waals surface area contributed by atoms with Crippen LogP contribution in [0.5, 0.6) is 0 Å². The molecule has 1 saturated heterocycles. The van der Waals surface area contributed by atoms with Crippen LogP contribution in [-0.2, 0) is 13.6 Å². The van der Waals surface area contributed by atoms with Crippen LogP contribution >= 0.6 is 39.6 Å². The zero-order valence-electron chi connectivity index (χ0n) is 9.64. The molecule has 2 rings (SSSR count). The molecule has 1 aliphatic rings. The topological polar surface area (TPSA) is 47.6 Å². The summed E-state index contributed by atoms with van der Waals surface area (Å²) in [5.74, 6) is 0. The number of rotatable bonds is 4. The highest BCUT2D eigenvalue weighted by Gasteiger charge is 2.41. The fraction of sp³-hybridized carbons (Fsp3) is 0.455. The minimum atomic E-state index is -3.23. The lowest BCUT2D eigenvalue weighted by Crippen LogP contribution is -2.39. The quantitative estimate of drug-likeness (QED) is 0.614. The third kappa shape index (κ3) is 3.36. The molecule has 1 N–H and O–H groups in total. The Hall–Kier alpha value is 0.130. The molecule has 1 aliphatic heterocycles. The number of hydrogen-bond acceptors (Lipinski definition) is 3. The van der Waals surface area contributed by atoms with E-state index in [0.717, 1.165) is 16.3 Å². The maximum Gasteiger partial charge on any atom is 0.432 e. The van der Waals surface area contributed by atoms with Crippen LogP contribution in [0.15, 0.2) is 30.3 Å². The summed E-state index contributed by atoms with van der Waals surface area (Å²) < 4.78 is 23.2. The number of benzene rings is 1. The normalized spacial score (nSPS) is 21.4. The molecule has 0 bridgehead atoms. The van der Waals surface area contributed by atoms with E-state index >= 15 is 0 Å². The summed E-state index contributed by atoms with van der Waals surface area (Å²) in [6.45, 7) is 0.779. The van der Waals surface area contributed by atoms with E-state index in [2.05, 4.69) is 36.9 Å². The van der Waals surface area contributed by atoms with Crippen LogP contribution in [0.3, 0.4) is 0 Å². The van der Waals surface area contributed by atoms with Gasteiger partial charge in [0.2, 0.25) is 0 Å². The zero-order valence-corrected chi connectivity index (χ0v) is 13.7. The standard InChI is InChI=1S/C11H14Br2NO3P/c12-6-11(7-13)8-16-18(15,17-9-11)14-10-4-2-1-3-5-10/h1-5H,6-9H2,(H,14,15). The highest BCUT2D eigenvalue weighted by atomic mass is 79.9. The monoisotopic (exact) mass is 397 g/mol. The molecule has 0 aliphatic carbocycles. The largest absolute Gasteiger partial charge is 0.432 e. The lowest BCUT2D eigenvalue weighted by molar-refractivity contribution is 0.0514. The van der Waals surface area contributed by atoms with E-state index in [0.29, 0.717) is 13.2 Å². The first-order valence-electron chi connectivity index (χ1n) is 5.46. The summed E-state index contributed by atoms with van der Waals surface area (Å²) in [7, 11) is -3.23. The number of hydrogen-bond donors (Lipinski definition) is 1. The van der Waals surface area contributed by atoms with E-state index in [-0.39, 0.29) is 5.41 Å². The lowest BCUT2D eigenvalue weighted by Gasteiger charge is -2.37. The number of alkyl halides is 2. The van der Waals surface area contributed by atoms with Crippen LogP contribution in [0.1, 0.15) is 0 Å². The molecule has 1 aromatic carbocycles. The maximum absolute atomic E-state index is 12.3. The minimum Gasteiger partial charge on any atom is -0.293 e. The van der Waals surface area contributed by atoms with Gasteiger partial charge in [-0.3, -0.25) is 14.1 Å². The van der Waals surface area contributed by atoms with Crippen molar-refractivity contribution in [1.29, 1.82) is 0 Å². The van der Waals surface area contributed by atoms with E-state index in [1.165, 1.54) is 0 Å². The van der Waals surface area contributed by atoms with Gasteiger partial charge in [-0.15, -0.1) is 0 Å². The molecule has 0 spiro atoms. The molecule has 1 fully saturated rings. The molecule has 0 radical (unpaired) electrons. The molecule has 7 heteroatoms. The van der Waals surface area contributed by atoms with Gasteiger partial charge in [-0.05, 0) is 12.1 Å². The van der Waals surface area contributed by atoms with Crippen LogP contribution in [0.2, 0.25) is 0 Å². The predicted octanol–water partition coefficient (Wildman–Crippen LogP) is 4.03. The first-order valence-corrected chi connectivity index (χ1v) is 9.24. The number of halogens is 2. The zero-order chi connectivity index (χ0) is 13.1. The molecular formula is C11H14Br2NO3P. The minimum absolute atomic E-state index is 0.160. The highest BCUT2D eigenvalue weighted by Crippen LogP contribution is 2.53. The van der Waals surface area contributed by atoms with Crippen molar-refractivity contribution in [3.05, 3.63) is 30.3 Å². The van der Waals surface area contributed by atoms with Crippen LogP contribution in [0.25, 0.3) is 0 Å². The Balaban J connectivity index is 2.02. The van der Waals surface area contributed by atoms with Gasteiger partial charge in [-0.1, -0.05) is 50.1 Å². The van der Waals surface area contributed by atoms with Crippen molar-refractivity contribution in [1.82, 2.24) is 0 Å². The van der Waals surface area contributed by atoms with Crippen molar-refractivity contribution in [2.24, 2.45) is 5.41 Å². The third-order valence-electron chi connectivity index (χ3n) is 2.69. The summed E-state index contributed by atoms with van der Waals surface area (Å²) in [6, 6.07) is 9.26. The van der Waals surface area contributed by atoms with Gasteiger partial charge in [0.05, 0.1) is 13.2 Å². The maximum atomic E-state index is 12.3. The second-order valence-corrected chi connectivity index (χ2v) is 7.15. The van der Waals surface area contributed by atoms with E-state index in [4.69, 9.17) is 9.05 Å². The van der Waals surface area contributed by atoms with Gasteiger partial charge in [0.15, 0.2) is 0 Å². The molecule has 0 unspecified atom stereocenters. The van der Waals surface area contributed by atoms with Gasteiger partial charge in [0.25, 0.3) is 0 Å². The Labute approximate surface area is 123 Å². The summed E-state index contributed by atoms with van der Waals surface area (Å²) in [4.78, 5) is 0. The van der Waals surface area contributed by atoms with E-state index in [9.17, 15) is 4.57 Å². The SMILES string of the molecule is O=P1(Nc2ccccc2)OCC(CBr)(CBr)CO1. The van der Waals surface area contributed by atoms with Crippen LogP contribution in [-0.4, -0.2) is 23.9 Å². The van der Waals surface area contributed by atoms with Crippen molar-refractivity contribution in [3.63, 3.8) is 0 Å². The molecule has 1 aromatic rings. The van der Waals surface area contributed by atoms with Crippen molar-refractivity contribution < 1.29 is 13.6 Å². The number of para-hydroxylation sites is 1. The Kier molecular flexibility index (Phi) is 4.89. The van der Waals surface area contributed by atoms with Gasteiger partial charge in [-0.2, -0.15) is 0 Å². The molecule has 0 amide bonds. The molecular weight excluding hydrogens is 385 g/mol. The average Bonchev–Trinajstić information content (AvgIpc) is 2.41. The van der Waals surface area contributed by atoms with Crippen LogP contribution in [0.4, 0.5) is 5.69 Å². The van der Waals surface area contributed by atoms with Gasteiger partial charge in [0.1, 0.15) is 0 Å². The molecule has 0 atom stereocenters. The van der Waals surface area contributed by atoms with E-state index in [1.807, 2.05) is 30.3 Å². The first-order chi connectivity index (χ1) is 8.61. The highest BCUT2D eigenvalue weighted by molar-refractivity contribution is 9.09. The fourth-order valence-corrected chi connectivity index (χ4v) is 4.58. The summed E-state index contributed by atoms with van der Waals surface area (Å²) in [5, 5.41) is 4.29. The van der Waals surface area contributed by atoms with Gasteiger partial charge < -0.3 is 0 Å². The Morgan fingerprint density at radius 3 is 2.22 bits per heavy atom. The predicted molar refractivity (Wildman–Crippen MR) is 79.6 cm³/mol. The van der Waals surface area contributed by atoms with Crippen molar-refractivity contribution in [2.45, 2.75) is 0 Å². The second-order valence-electron chi connectivity index (χ2n) is 4.29. The first kappa shape index (κ1) is 14.5. The summed E-state index contributed by atoms with van der Waals surface area (Å²) >= 11 is 6.87. The average molecular weight is 399 g/mol. The number of anilines is 1. The van der Waals surface area contributed by atoms with E-state index in [1.54, 1.807) is 0 Å². The van der Waals surface area contributed by atoms with E-state index < -0.39 is 7.75 Å². The number of nitrogens with one attached hydrogen (secondary N) is 1. The molecule has 0 saturated carbocycles. The van der Waals surface area contributed by atoms with Crippen molar-refractivity contribution >= 4 is 45.3 Å². The second kappa shape index (κ2) is 6.06. The molecule has 18 heavy (non-hydrogen) atoms. The summed E-state index contributed by atoms with van der Waals surface area (Å²) in [5.41, 5.74) is 0.567. The smallest absolute Gasteiger partial charge is 0.293 e. The lowest BCUT2D eigenvalue weighted by atomic mass is 9.96. The molecule has 0 aromatic heterocycles. The fourth-order valence-electron chi connectivity index (χ4n) is 1.45.